The van der Waals surface area contributed by atoms with Crippen LogP contribution < -0.4 is 14.4 Å². The van der Waals surface area contributed by atoms with Gasteiger partial charge in [0.25, 0.3) is 0 Å². The number of rotatable bonds is 2. The molecule has 21 heavy (non-hydrogen) atoms. The Morgan fingerprint density at radius 3 is 1.62 bits per heavy atom. The fourth-order valence-corrected chi connectivity index (χ4v) is 3.15. The fraction of sp³-hybridized carbons (Fsp3) is 0.333. The summed E-state index contributed by atoms with van der Waals surface area (Å²) in [5.74, 6) is 1.78. The molecule has 1 heterocycles. The smallest absolute Gasteiger partial charge is 0.119 e. The molecule has 2 aromatic rings. The van der Waals surface area contributed by atoms with Gasteiger partial charge in [-0.15, -0.1) is 0 Å². The molecule has 2 aromatic carbocycles. The van der Waals surface area contributed by atoms with Crippen molar-refractivity contribution in [3.63, 3.8) is 0 Å². The van der Waals surface area contributed by atoms with Crippen LogP contribution in [-0.2, 0) is 5.41 Å². The maximum Gasteiger partial charge on any atom is 0.119 e. The van der Waals surface area contributed by atoms with E-state index < -0.39 is 0 Å². The lowest BCUT2D eigenvalue weighted by Crippen LogP contribution is -2.30. The highest BCUT2D eigenvalue weighted by molar-refractivity contribution is 5.78. The molecule has 0 N–H and O–H groups in total. The minimum absolute atomic E-state index is 0.0970. The van der Waals surface area contributed by atoms with Crippen LogP contribution in [0.4, 0.5) is 11.4 Å². The molecule has 0 radical (unpaired) electrons. The number of fused-ring (bicyclic) bond motifs is 2. The molecule has 3 heteroatoms. The predicted molar refractivity (Wildman–Crippen MR) is 86.2 cm³/mol. The first-order chi connectivity index (χ1) is 9.98. The van der Waals surface area contributed by atoms with Gasteiger partial charge >= 0.3 is 0 Å². The van der Waals surface area contributed by atoms with Crippen LogP contribution in [0.5, 0.6) is 11.5 Å². The average molecular weight is 283 g/mol. The van der Waals surface area contributed by atoms with Gasteiger partial charge in [0.15, 0.2) is 0 Å². The second kappa shape index (κ2) is 4.69. The molecule has 0 saturated carbocycles. The molecule has 0 bridgehead atoms. The standard InChI is InChI=1S/C18H21NO2/c1-18(2)14-10-12(20-4)6-8-16(14)19(3)17-9-7-13(21-5)11-15(17)18/h6-11H,1-5H3. The van der Waals surface area contributed by atoms with Gasteiger partial charge in [-0.3, -0.25) is 0 Å². The molecule has 0 aliphatic carbocycles. The van der Waals surface area contributed by atoms with E-state index in [4.69, 9.17) is 9.47 Å². The van der Waals surface area contributed by atoms with Crippen LogP contribution >= 0.6 is 0 Å². The Morgan fingerprint density at radius 2 is 1.24 bits per heavy atom. The first-order valence-electron chi connectivity index (χ1n) is 7.10. The van der Waals surface area contributed by atoms with E-state index in [0.29, 0.717) is 0 Å². The van der Waals surface area contributed by atoms with E-state index in [9.17, 15) is 0 Å². The molecule has 0 spiro atoms. The van der Waals surface area contributed by atoms with Crippen molar-refractivity contribution in [3.8, 4) is 11.5 Å². The van der Waals surface area contributed by atoms with Crippen LogP contribution in [0.25, 0.3) is 0 Å². The van der Waals surface area contributed by atoms with Crippen molar-refractivity contribution >= 4 is 11.4 Å². The maximum absolute atomic E-state index is 5.40. The summed E-state index contributed by atoms with van der Waals surface area (Å²) >= 11 is 0. The zero-order valence-electron chi connectivity index (χ0n) is 13.2. The highest BCUT2D eigenvalue weighted by Crippen LogP contribution is 2.49. The van der Waals surface area contributed by atoms with Crippen molar-refractivity contribution in [1.29, 1.82) is 0 Å². The molecule has 0 aromatic heterocycles. The van der Waals surface area contributed by atoms with Gasteiger partial charge in [0.2, 0.25) is 0 Å². The molecule has 3 nitrogen and oxygen atoms in total. The predicted octanol–water partition coefficient (Wildman–Crippen LogP) is 4.11. The van der Waals surface area contributed by atoms with E-state index in [1.165, 1.54) is 22.5 Å². The molecule has 0 unspecified atom stereocenters. The summed E-state index contributed by atoms with van der Waals surface area (Å²) in [5.41, 5.74) is 4.88. The van der Waals surface area contributed by atoms with Crippen molar-refractivity contribution in [1.82, 2.24) is 0 Å². The fourth-order valence-electron chi connectivity index (χ4n) is 3.15. The zero-order chi connectivity index (χ0) is 15.2. The van der Waals surface area contributed by atoms with Crippen molar-refractivity contribution in [3.05, 3.63) is 47.5 Å². The van der Waals surface area contributed by atoms with Gasteiger partial charge in [0, 0.05) is 23.8 Å². The molecule has 110 valence electrons. The monoisotopic (exact) mass is 283 g/mol. The Balaban J connectivity index is 2.25. The van der Waals surface area contributed by atoms with Gasteiger partial charge in [-0.2, -0.15) is 0 Å². The van der Waals surface area contributed by atoms with E-state index in [-0.39, 0.29) is 5.41 Å². The molecule has 0 saturated heterocycles. The Bertz CT molecular complexity index is 634. The van der Waals surface area contributed by atoms with E-state index >= 15 is 0 Å². The molecule has 1 aliphatic rings. The summed E-state index contributed by atoms with van der Waals surface area (Å²) in [6.45, 7) is 4.49. The molecule has 3 rings (SSSR count). The molecular weight excluding hydrogens is 262 g/mol. The average Bonchev–Trinajstić information content (AvgIpc) is 2.52. The summed E-state index contributed by atoms with van der Waals surface area (Å²) in [5, 5.41) is 0. The first kappa shape index (κ1) is 13.8. The number of methoxy groups -OCH3 is 2. The lowest BCUT2D eigenvalue weighted by atomic mass is 9.73. The molecule has 0 fully saturated rings. The SMILES string of the molecule is COc1ccc2c(c1)C(C)(C)c1cc(OC)ccc1N2C. The van der Waals surface area contributed by atoms with Gasteiger partial charge in [-0.25, -0.2) is 0 Å². The van der Waals surface area contributed by atoms with Crippen molar-refractivity contribution < 1.29 is 9.47 Å². The number of ether oxygens (including phenoxy) is 2. The van der Waals surface area contributed by atoms with Crippen LogP contribution in [0, 0.1) is 0 Å². The van der Waals surface area contributed by atoms with Crippen molar-refractivity contribution in [2.45, 2.75) is 19.3 Å². The minimum Gasteiger partial charge on any atom is -0.497 e. The van der Waals surface area contributed by atoms with E-state index in [1.54, 1.807) is 14.2 Å². The van der Waals surface area contributed by atoms with Crippen LogP contribution in [0.1, 0.15) is 25.0 Å². The lowest BCUT2D eigenvalue weighted by molar-refractivity contribution is 0.411. The largest absolute Gasteiger partial charge is 0.497 e. The molecule has 0 atom stereocenters. The zero-order valence-corrected chi connectivity index (χ0v) is 13.2. The Hall–Kier alpha value is -2.16. The molecular formula is C18H21NO2. The Kier molecular flexibility index (Phi) is 3.08. The van der Waals surface area contributed by atoms with Crippen molar-refractivity contribution in [2.75, 3.05) is 26.2 Å². The highest BCUT2D eigenvalue weighted by atomic mass is 16.5. The summed E-state index contributed by atoms with van der Waals surface area (Å²) in [6.07, 6.45) is 0. The van der Waals surface area contributed by atoms with Gasteiger partial charge in [-0.1, -0.05) is 13.8 Å². The first-order valence-corrected chi connectivity index (χ1v) is 7.10. The normalized spacial score (nSPS) is 15.2. The third-order valence-electron chi connectivity index (χ3n) is 4.48. The van der Waals surface area contributed by atoms with E-state index in [1.807, 2.05) is 12.1 Å². The molecule has 1 aliphatic heterocycles. The number of anilines is 2. The number of hydrogen-bond acceptors (Lipinski definition) is 3. The third-order valence-corrected chi connectivity index (χ3v) is 4.48. The van der Waals surface area contributed by atoms with Crippen LogP contribution in [0.3, 0.4) is 0 Å². The van der Waals surface area contributed by atoms with Gasteiger partial charge in [-0.05, 0) is 47.5 Å². The van der Waals surface area contributed by atoms with E-state index in [2.05, 4.69) is 50.1 Å². The highest BCUT2D eigenvalue weighted by Gasteiger charge is 2.35. The van der Waals surface area contributed by atoms with Crippen LogP contribution in [-0.4, -0.2) is 21.3 Å². The number of hydrogen-bond donors (Lipinski definition) is 0. The van der Waals surface area contributed by atoms with Gasteiger partial charge in [0.1, 0.15) is 11.5 Å². The number of benzene rings is 2. The number of nitrogens with zero attached hydrogens (tertiary/aromatic N) is 1. The van der Waals surface area contributed by atoms with Crippen molar-refractivity contribution in [2.24, 2.45) is 0 Å². The third kappa shape index (κ3) is 1.96. The lowest BCUT2D eigenvalue weighted by Gasteiger charge is -2.40. The van der Waals surface area contributed by atoms with Gasteiger partial charge in [0.05, 0.1) is 14.2 Å². The Labute approximate surface area is 126 Å². The van der Waals surface area contributed by atoms with E-state index in [0.717, 1.165) is 11.5 Å². The van der Waals surface area contributed by atoms with Crippen LogP contribution in [0.2, 0.25) is 0 Å². The topological polar surface area (TPSA) is 21.7 Å². The van der Waals surface area contributed by atoms with Crippen LogP contribution in [0.15, 0.2) is 36.4 Å². The summed E-state index contributed by atoms with van der Waals surface area (Å²) in [6, 6.07) is 12.6. The maximum atomic E-state index is 5.40. The second-order valence-electron chi connectivity index (χ2n) is 5.95. The summed E-state index contributed by atoms with van der Waals surface area (Å²) in [4.78, 5) is 2.23. The quantitative estimate of drug-likeness (QED) is 0.828. The minimum atomic E-state index is -0.0970. The summed E-state index contributed by atoms with van der Waals surface area (Å²) < 4.78 is 10.8. The second-order valence-corrected chi connectivity index (χ2v) is 5.95. The summed E-state index contributed by atoms with van der Waals surface area (Å²) in [7, 11) is 5.52. The molecule has 0 amide bonds. The van der Waals surface area contributed by atoms with Gasteiger partial charge < -0.3 is 14.4 Å². The Morgan fingerprint density at radius 1 is 0.810 bits per heavy atom.